The van der Waals surface area contributed by atoms with Crippen molar-refractivity contribution in [3.05, 3.63) is 71.4 Å². The van der Waals surface area contributed by atoms with E-state index in [-0.39, 0.29) is 12.5 Å². The van der Waals surface area contributed by atoms with Crippen molar-refractivity contribution in [2.24, 2.45) is 0 Å². The molecule has 3 N–H and O–H groups in total. The fourth-order valence-corrected chi connectivity index (χ4v) is 3.64. The van der Waals surface area contributed by atoms with Crippen LogP contribution in [0.25, 0.3) is 10.9 Å². The average molecular weight is 349 g/mol. The van der Waals surface area contributed by atoms with Crippen LogP contribution in [0.3, 0.4) is 0 Å². The van der Waals surface area contributed by atoms with Crippen molar-refractivity contribution < 1.29 is 9.90 Å². The minimum Gasteiger partial charge on any atom is -0.390 e. The predicted molar refractivity (Wildman–Crippen MR) is 102 cm³/mol. The molecule has 0 fully saturated rings. The summed E-state index contributed by atoms with van der Waals surface area (Å²) in [6.45, 7) is 2.59. The molecule has 1 aliphatic heterocycles. The second-order valence-corrected chi connectivity index (χ2v) is 6.87. The molecule has 3 aromatic rings. The molecule has 26 heavy (non-hydrogen) atoms. The third kappa shape index (κ3) is 3.49. The first-order valence-electron chi connectivity index (χ1n) is 9.02. The van der Waals surface area contributed by atoms with Gasteiger partial charge >= 0.3 is 0 Å². The summed E-state index contributed by atoms with van der Waals surface area (Å²) in [6.07, 6.45) is 2.13. The van der Waals surface area contributed by atoms with Crippen LogP contribution < -0.4 is 5.32 Å². The highest BCUT2D eigenvalue weighted by Gasteiger charge is 2.19. The Morgan fingerprint density at radius 1 is 1.15 bits per heavy atom. The maximum absolute atomic E-state index is 12.4. The number of rotatable bonds is 5. The summed E-state index contributed by atoms with van der Waals surface area (Å²) in [5.74, 6) is -0.162. The van der Waals surface area contributed by atoms with Crippen LogP contribution >= 0.6 is 0 Å². The predicted octanol–water partition coefficient (Wildman–Crippen LogP) is 2.32. The van der Waals surface area contributed by atoms with Crippen LogP contribution in [0.5, 0.6) is 0 Å². The number of H-pyrrole nitrogens is 1. The van der Waals surface area contributed by atoms with E-state index in [0.717, 1.165) is 30.4 Å². The largest absolute Gasteiger partial charge is 0.390 e. The summed E-state index contributed by atoms with van der Waals surface area (Å²) < 4.78 is 0. The Hall–Kier alpha value is -2.63. The zero-order valence-corrected chi connectivity index (χ0v) is 14.6. The van der Waals surface area contributed by atoms with E-state index in [9.17, 15) is 9.90 Å². The van der Waals surface area contributed by atoms with Crippen LogP contribution in [-0.4, -0.2) is 46.6 Å². The van der Waals surface area contributed by atoms with Crippen molar-refractivity contribution in [1.29, 1.82) is 0 Å². The molecule has 0 aliphatic carbocycles. The lowest BCUT2D eigenvalue weighted by molar-refractivity contribution is 0.0843. The average Bonchev–Trinajstić information content (AvgIpc) is 3.10. The van der Waals surface area contributed by atoms with Crippen LogP contribution in [0, 0.1) is 0 Å². The van der Waals surface area contributed by atoms with E-state index in [4.69, 9.17) is 0 Å². The molecule has 1 unspecified atom stereocenters. The van der Waals surface area contributed by atoms with E-state index in [1.165, 1.54) is 11.1 Å². The van der Waals surface area contributed by atoms with Gasteiger partial charge in [-0.2, -0.15) is 0 Å². The summed E-state index contributed by atoms with van der Waals surface area (Å²) in [7, 11) is 0. The number of hydrogen-bond acceptors (Lipinski definition) is 3. The number of fused-ring (bicyclic) bond motifs is 2. The summed E-state index contributed by atoms with van der Waals surface area (Å²) in [5, 5.41) is 14.1. The van der Waals surface area contributed by atoms with Gasteiger partial charge in [0.05, 0.1) is 11.7 Å². The monoisotopic (exact) mass is 349 g/mol. The minimum atomic E-state index is -0.589. The number of aromatic nitrogens is 1. The molecule has 1 aromatic heterocycles. The molecular formula is C21H23N3O2. The molecule has 2 heterocycles. The van der Waals surface area contributed by atoms with E-state index < -0.39 is 6.10 Å². The van der Waals surface area contributed by atoms with Gasteiger partial charge in [-0.05, 0) is 23.6 Å². The van der Waals surface area contributed by atoms with Crippen molar-refractivity contribution >= 4 is 16.8 Å². The number of carbonyl (C=O) groups is 1. The lowest BCUT2D eigenvalue weighted by Crippen LogP contribution is -2.42. The number of benzene rings is 2. The Labute approximate surface area is 152 Å². The maximum Gasteiger partial charge on any atom is 0.253 e. The molecule has 0 bridgehead atoms. The Balaban J connectivity index is 1.31. The van der Waals surface area contributed by atoms with Gasteiger partial charge in [-0.15, -0.1) is 0 Å². The minimum absolute atomic E-state index is 0.162. The van der Waals surface area contributed by atoms with Crippen LogP contribution in [0.4, 0.5) is 0 Å². The van der Waals surface area contributed by atoms with Gasteiger partial charge in [0.2, 0.25) is 0 Å². The fourth-order valence-electron chi connectivity index (χ4n) is 3.64. The number of nitrogens with zero attached hydrogens (tertiary/aromatic N) is 1. The summed E-state index contributed by atoms with van der Waals surface area (Å²) in [6, 6.07) is 16.1. The number of carbonyl (C=O) groups excluding carboxylic acids is 1. The van der Waals surface area contributed by atoms with E-state index >= 15 is 0 Å². The number of hydrogen-bond donors (Lipinski definition) is 3. The van der Waals surface area contributed by atoms with Gasteiger partial charge in [-0.1, -0.05) is 42.5 Å². The molecule has 0 saturated heterocycles. The first kappa shape index (κ1) is 16.8. The topological polar surface area (TPSA) is 68.4 Å². The molecule has 5 heteroatoms. The molecule has 1 amide bonds. The van der Waals surface area contributed by atoms with Gasteiger partial charge < -0.3 is 15.4 Å². The van der Waals surface area contributed by atoms with Gasteiger partial charge in [-0.25, -0.2) is 0 Å². The number of aliphatic hydroxyl groups excluding tert-OH is 1. The van der Waals surface area contributed by atoms with Gasteiger partial charge in [0.15, 0.2) is 0 Å². The van der Waals surface area contributed by atoms with Crippen molar-refractivity contribution in [2.45, 2.75) is 19.1 Å². The van der Waals surface area contributed by atoms with Crippen LogP contribution in [0.15, 0.2) is 54.7 Å². The summed E-state index contributed by atoms with van der Waals surface area (Å²) in [4.78, 5) is 17.8. The second kappa shape index (κ2) is 7.32. The summed E-state index contributed by atoms with van der Waals surface area (Å²) >= 11 is 0. The quantitative estimate of drug-likeness (QED) is 0.662. The van der Waals surface area contributed by atoms with Gasteiger partial charge in [0.1, 0.15) is 0 Å². The van der Waals surface area contributed by atoms with Crippen LogP contribution in [0.2, 0.25) is 0 Å². The lowest BCUT2D eigenvalue weighted by atomic mass is 10.00. The van der Waals surface area contributed by atoms with E-state index in [1.54, 1.807) is 6.20 Å². The Bertz CT molecular complexity index is 918. The van der Waals surface area contributed by atoms with E-state index in [0.29, 0.717) is 12.1 Å². The molecule has 5 nitrogen and oxygen atoms in total. The highest BCUT2D eigenvalue weighted by atomic mass is 16.3. The normalized spacial score (nSPS) is 15.6. The van der Waals surface area contributed by atoms with Gasteiger partial charge in [0.25, 0.3) is 5.91 Å². The standard InChI is InChI=1S/C21H23N3O2/c25-17(14-24-10-9-15-5-1-2-6-16(15)13-24)11-23-21(26)19-12-22-20-8-4-3-7-18(19)20/h1-8,12,17,22,25H,9-11,13-14H2,(H,23,26). The molecule has 0 radical (unpaired) electrons. The Morgan fingerprint density at radius 3 is 2.81 bits per heavy atom. The molecule has 2 aromatic carbocycles. The smallest absolute Gasteiger partial charge is 0.253 e. The first-order chi connectivity index (χ1) is 12.7. The highest BCUT2D eigenvalue weighted by Crippen LogP contribution is 2.19. The zero-order valence-electron chi connectivity index (χ0n) is 14.6. The summed E-state index contributed by atoms with van der Waals surface area (Å²) in [5.41, 5.74) is 4.27. The van der Waals surface area contributed by atoms with Gasteiger partial charge in [0, 0.05) is 43.3 Å². The second-order valence-electron chi connectivity index (χ2n) is 6.87. The third-order valence-corrected chi connectivity index (χ3v) is 5.01. The van der Waals surface area contributed by atoms with Crippen molar-refractivity contribution in [1.82, 2.24) is 15.2 Å². The van der Waals surface area contributed by atoms with Crippen LogP contribution in [0.1, 0.15) is 21.5 Å². The molecule has 0 saturated carbocycles. The lowest BCUT2D eigenvalue weighted by Gasteiger charge is -2.30. The number of amides is 1. The Morgan fingerprint density at radius 2 is 1.92 bits per heavy atom. The third-order valence-electron chi connectivity index (χ3n) is 5.01. The number of nitrogens with one attached hydrogen (secondary N) is 2. The zero-order chi connectivity index (χ0) is 17.9. The SMILES string of the molecule is O=C(NCC(O)CN1CCc2ccccc2C1)c1c[nH]c2ccccc12. The van der Waals surface area contributed by atoms with E-state index in [1.807, 2.05) is 24.3 Å². The highest BCUT2D eigenvalue weighted by molar-refractivity contribution is 6.06. The molecule has 0 spiro atoms. The van der Waals surface area contributed by atoms with Crippen molar-refractivity contribution in [2.75, 3.05) is 19.6 Å². The molecule has 4 rings (SSSR count). The van der Waals surface area contributed by atoms with Crippen molar-refractivity contribution in [3.8, 4) is 0 Å². The Kier molecular flexibility index (Phi) is 4.73. The molecule has 134 valence electrons. The number of β-amino-alcohol motifs (C(OH)–C–C–N with tert-alkyl or cyclic N) is 1. The maximum atomic E-state index is 12.4. The number of aromatic amines is 1. The van der Waals surface area contributed by atoms with Crippen LogP contribution in [-0.2, 0) is 13.0 Å². The molecule has 1 atom stereocenters. The number of aliphatic hydroxyl groups is 1. The van der Waals surface area contributed by atoms with E-state index in [2.05, 4.69) is 39.5 Å². The van der Waals surface area contributed by atoms with Gasteiger partial charge in [-0.3, -0.25) is 9.69 Å². The fraction of sp³-hybridized carbons (Fsp3) is 0.286. The molecular weight excluding hydrogens is 326 g/mol. The molecule has 1 aliphatic rings. The number of para-hydroxylation sites is 1. The van der Waals surface area contributed by atoms with Crippen molar-refractivity contribution in [3.63, 3.8) is 0 Å². The first-order valence-corrected chi connectivity index (χ1v) is 9.02.